The molecule has 1 fully saturated rings. The third-order valence-corrected chi connectivity index (χ3v) is 6.45. The molecule has 32 heavy (non-hydrogen) atoms. The minimum atomic E-state index is -0.553. The third kappa shape index (κ3) is 6.18. The predicted molar refractivity (Wildman–Crippen MR) is 127 cm³/mol. The molecule has 3 aromatic rings. The van der Waals surface area contributed by atoms with Crippen LogP contribution in [-0.2, 0) is 6.54 Å². The van der Waals surface area contributed by atoms with E-state index in [9.17, 15) is 9.50 Å². The molecular weight excluding hydrogens is 401 g/mol. The van der Waals surface area contributed by atoms with Crippen molar-refractivity contribution < 1.29 is 18.7 Å². The number of likely N-dealkylation sites (tertiary alicyclic amines) is 1. The summed E-state index contributed by atoms with van der Waals surface area (Å²) < 4.78 is 20.1. The van der Waals surface area contributed by atoms with Gasteiger partial charge in [-0.2, -0.15) is 0 Å². The van der Waals surface area contributed by atoms with Crippen LogP contribution in [0.4, 0.5) is 4.39 Å². The zero-order chi connectivity index (χ0) is 22.2. The highest BCUT2D eigenvalue weighted by atomic mass is 19.1. The third-order valence-electron chi connectivity index (χ3n) is 6.45. The summed E-state index contributed by atoms with van der Waals surface area (Å²) in [4.78, 5) is 0. The van der Waals surface area contributed by atoms with Crippen LogP contribution in [0.3, 0.4) is 0 Å². The van der Waals surface area contributed by atoms with Crippen molar-refractivity contribution in [2.75, 3.05) is 26.2 Å². The quantitative estimate of drug-likeness (QED) is 0.453. The second-order valence-corrected chi connectivity index (χ2v) is 9.03. The molecule has 4 heteroatoms. The predicted octanol–water partition coefficient (Wildman–Crippen LogP) is 5.82. The van der Waals surface area contributed by atoms with Gasteiger partial charge in [0.05, 0.1) is 13.1 Å². The number of benzene rings is 3. The van der Waals surface area contributed by atoms with Gasteiger partial charge < -0.3 is 14.3 Å². The van der Waals surface area contributed by atoms with Gasteiger partial charge in [0.25, 0.3) is 0 Å². The first-order valence-electron chi connectivity index (χ1n) is 11.7. The summed E-state index contributed by atoms with van der Waals surface area (Å²) >= 11 is 0. The molecule has 168 valence electrons. The van der Waals surface area contributed by atoms with Crippen molar-refractivity contribution in [3.05, 3.63) is 90.2 Å². The molecule has 0 amide bonds. The van der Waals surface area contributed by atoms with Crippen LogP contribution >= 0.6 is 0 Å². The molecule has 1 saturated heterocycles. The fourth-order valence-electron chi connectivity index (χ4n) is 4.81. The van der Waals surface area contributed by atoms with Crippen LogP contribution in [0.5, 0.6) is 5.75 Å². The van der Waals surface area contributed by atoms with E-state index in [2.05, 4.69) is 24.3 Å². The Morgan fingerprint density at radius 3 is 2.06 bits per heavy atom. The van der Waals surface area contributed by atoms with Crippen LogP contribution in [0, 0.1) is 5.82 Å². The van der Waals surface area contributed by atoms with Crippen molar-refractivity contribution in [1.82, 2.24) is 0 Å². The van der Waals surface area contributed by atoms with Crippen LogP contribution in [0.1, 0.15) is 31.2 Å². The molecule has 1 N–H and O–H groups in total. The van der Waals surface area contributed by atoms with Crippen molar-refractivity contribution in [1.29, 1.82) is 0 Å². The zero-order valence-corrected chi connectivity index (χ0v) is 18.6. The smallest absolute Gasteiger partial charge is 0.137 e. The number of quaternary nitrogens is 1. The zero-order valence-electron chi connectivity index (χ0n) is 18.6. The molecule has 0 aliphatic carbocycles. The van der Waals surface area contributed by atoms with Crippen molar-refractivity contribution >= 4 is 0 Å². The van der Waals surface area contributed by atoms with Gasteiger partial charge in [0.2, 0.25) is 0 Å². The number of halogens is 1. The molecule has 0 radical (unpaired) electrons. The molecule has 1 atom stereocenters. The second-order valence-electron chi connectivity index (χ2n) is 9.03. The van der Waals surface area contributed by atoms with E-state index >= 15 is 0 Å². The lowest BCUT2D eigenvalue weighted by Gasteiger charge is -2.39. The van der Waals surface area contributed by atoms with Crippen molar-refractivity contribution in [2.45, 2.75) is 38.3 Å². The van der Waals surface area contributed by atoms with Gasteiger partial charge in [-0.25, -0.2) is 4.39 Å². The van der Waals surface area contributed by atoms with E-state index in [4.69, 9.17) is 4.74 Å². The minimum Gasteiger partial charge on any atom is -0.491 e. The average molecular weight is 435 g/mol. The van der Waals surface area contributed by atoms with Gasteiger partial charge in [-0.3, -0.25) is 0 Å². The summed E-state index contributed by atoms with van der Waals surface area (Å²) in [6, 6.07) is 25.1. The fraction of sp³-hybridized carbons (Fsp3) is 0.357. The molecule has 3 nitrogen and oxygen atoms in total. The molecular formula is C28H33FNO2+. The maximum Gasteiger partial charge on any atom is 0.137 e. The largest absolute Gasteiger partial charge is 0.491 e. The normalized spacial score (nSPS) is 16.8. The molecule has 1 heterocycles. The van der Waals surface area contributed by atoms with Gasteiger partial charge in [0.15, 0.2) is 0 Å². The number of nitrogens with zero attached hydrogens (tertiary/aromatic N) is 1. The molecule has 1 aliphatic rings. The van der Waals surface area contributed by atoms with Crippen LogP contribution in [0.2, 0.25) is 0 Å². The number of hydrogen-bond donors (Lipinski definition) is 1. The Hall–Kier alpha value is -2.69. The summed E-state index contributed by atoms with van der Waals surface area (Å²) in [6.07, 6.45) is 4.25. The highest BCUT2D eigenvalue weighted by molar-refractivity contribution is 5.63. The lowest BCUT2D eigenvalue weighted by molar-refractivity contribution is -0.942. The number of rotatable bonds is 8. The Bertz CT molecular complexity index is 949. The Labute approximate surface area is 190 Å². The van der Waals surface area contributed by atoms with Gasteiger partial charge in [-0.1, -0.05) is 54.6 Å². The van der Waals surface area contributed by atoms with E-state index in [1.807, 2.05) is 42.5 Å². The van der Waals surface area contributed by atoms with E-state index in [0.717, 1.165) is 53.8 Å². The van der Waals surface area contributed by atoms with Gasteiger partial charge in [-0.05, 0) is 61.1 Å². The summed E-state index contributed by atoms with van der Waals surface area (Å²) in [6.45, 7) is 3.83. The first-order valence-corrected chi connectivity index (χ1v) is 11.7. The standard InChI is InChI=1S/C28H33FNO2/c29-26-14-10-23(11-15-26)20-30(18-6-1-2-7-19-30)21-27(31)22-32-28-16-12-25(13-17-28)24-8-4-3-5-9-24/h3-5,8-17,27,31H,1-2,6-7,18-22H2/q+1/t27-/m1/s1. The topological polar surface area (TPSA) is 29.5 Å². The highest BCUT2D eigenvalue weighted by Gasteiger charge is 2.32. The maximum absolute atomic E-state index is 13.4. The molecule has 0 bridgehead atoms. The second kappa shape index (κ2) is 10.8. The Morgan fingerprint density at radius 2 is 1.41 bits per heavy atom. The fourth-order valence-corrected chi connectivity index (χ4v) is 4.81. The summed E-state index contributed by atoms with van der Waals surface area (Å²) in [7, 11) is 0. The summed E-state index contributed by atoms with van der Waals surface area (Å²) in [5, 5.41) is 10.9. The number of aliphatic hydroxyl groups excluding tert-OH is 1. The monoisotopic (exact) mass is 434 g/mol. The molecule has 1 aliphatic heterocycles. The molecule has 4 rings (SSSR count). The molecule has 0 aromatic heterocycles. The molecule has 0 saturated carbocycles. The van der Waals surface area contributed by atoms with Gasteiger partial charge in [-0.15, -0.1) is 0 Å². The van der Waals surface area contributed by atoms with E-state index in [1.165, 1.54) is 30.5 Å². The average Bonchev–Trinajstić information content (AvgIpc) is 3.05. The summed E-state index contributed by atoms with van der Waals surface area (Å²) in [5.74, 6) is 0.563. The summed E-state index contributed by atoms with van der Waals surface area (Å²) in [5.41, 5.74) is 3.44. The van der Waals surface area contributed by atoms with Crippen LogP contribution < -0.4 is 4.74 Å². The number of hydrogen-bond acceptors (Lipinski definition) is 2. The van der Waals surface area contributed by atoms with E-state index < -0.39 is 6.10 Å². The van der Waals surface area contributed by atoms with Crippen LogP contribution in [0.25, 0.3) is 11.1 Å². The van der Waals surface area contributed by atoms with E-state index in [-0.39, 0.29) is 12.4 Å². The van der Waals surface area contributed by atoms with E-state index in [1.54, 1.807) is 0 Å². The van der Waals surface area contributed by atoms with Gasteiger partial charge in [0.1, 0.15) is 37.4 Å². The maximum atomic E-state index is 13.4. The highest BCUT2D eigenvalue weighted by Crippen LogP contribution is 2.25. The lowest BCUT2D eigenvalue weighted by atomic mass is 10.1. The lowest BCUT2D eigenvalue weighted by Crippen LogP contribution is -2.53. The van der Waals surface area contributed by atoms with E-state index in [0.29, 0.717) is 6.54 Å². The first-order chi connectivity index (χ1) is 15.6. The Kier molecular flexibility index (Phi) is 7.56. The first kappa shape index (κ1) is 22.5. The van der Waals surface area contributed by atoms with Gasteiger partial charge >= 0.3 is 0 Å². The van der Waals surface area contributed by atoms with Crippen LogP contribution in [-0.4, -0.2) is 41.9 Å². The van der Waals surface area contributed by atoms with Crippen molar-refractivity contribution in [3.63, 3.8) is 0 Å². The Balaban J connectivity index is 1.37. The van der Waals surface area contributed by atoms with Crippen molar-refractivity contribution in [3.8, 4) is 16.9 Å². The molecule has 0 unspecified atom stereocenters. The SMILES string of the molecule is O[C@@H](COc1ccc(-c2ccccc2)cc1)C[N+]1(Cc2ccc(F)cc2)CCCCCC1. The van der Waals surface area contributed by atoms with Gasteiger partial charge in [0, 0.05) is 5.56 Å². The number of aliphatic hydroxyl groups is 1. The minimum absolute atomic E-state index is 0.206. The van der Waals surface area contributed by atoms with Crippen LogP contribution in [0.15, 0.2) is 78.9 Å². The Morgan fingerprint density at radius 1 is 0.781 bits per heavy atom. The molecule has 0 spiro atoms. The van der Waals surface area contributed by atoms with Crippen molar-refractivity contribution in [2.24, 2.45) is 0 Å². The molecule has 3 aromatic carbocycles. The number of ether oxygens (including phenoxy) is 1.